The zero-order valence-corrected chi connectivity index (χ0v) is 19.9. The lowest BCUT2D eigenvalue weighted by Gasteiger charge is -2.17. The summed E-state index contributed by atoms with van der Waals surface area (Å²) in [4.78, 5) is 0. The van der Waals surface area contributed by atoms with Gasteiger partial charge in [-0.2, -0.15) is 0 Å². The molecule has 2 aliphatic rings. The summed E-state index contributed by atoms with van der Waals surface area (Å²) in [6, 6.07) is 16.3. The van der Waals surface area contributed by atoms with E-state index in [4.69, 9.17) is 9.05 Å². The van der Waals surface area contributed by atoms with E-state index in [1.54, 1.807) is 0 Å². The number of rotatable bonds is 6. The average molecular weight is 444 g/mol. The molecule has 0 bridgehead atoms. The Morgan fingerprint density at radius 3 is 1.60 bits per heavy atom. The van der Waals surface area contributed by atoms with Crippen molar-refractivity contribution in [1.82, 2.24) is 0 Å². The lowest BCUT2D eigenvalue weighted by Crippen LogP contribution is -1.98. The minimum Gasteiger partial charge on any atom is -0.320 e. The fourth-order valence-electron chi connectivity index (χ4n) is 3.59. The monoisotopic (exact) mass is 444 g/mol. The second-order valence-electron chi connectivity index (χ2n) is 7.71. The Labute approximate surface area is 179 Å². The van der Waals surface area contributed by atoms with Crippen LogP contribution in [0.3, 0.4) is 0 Å². The van der Waals surface area contributed by atoms with Crippen LogP contribution in [0, 0.1) is 0 Å². The SMILES string of the molecule is CCOP(=O)(OCC)C1=Cc2ccccc2C1.CP(C)(=O)C1=Cc2ccccc2C1. The van der Waals surface area contributed by atoms with Crippen LogP contribution in [0.25, 0.3) is 12.2 Å². The molecule has 0 radical (unpaired) electrons. The van der Waals surface area contributed by atoms with Gasteiger partial charge in [0.25, 0.3) is 0 Å². The molecule has 4 rings (SSSR count). The van der Waals surface area contributed by atoms with Gasteiger partial charge in [0.15, 0.2) is 0 Å². The maximum atomic E-state index is 12.6. The molecular formula is C24H30O4P2. The van der Waals surface area contributed by atoms with E-state index >= 15 is 0 Å². The second-order valence-corrected chi connectivity index (χ2v) is 13.1. The Morgan fingerprint density at radius 2 is 1.17 bits per heavy atom. The molecule has 0 amide bonds. The van der Waals surface area contributed by atoms with Gasteiger partial charge >= 0.3 is 7.60 Å². The first-order valence-electron chi connectivity index (χ1n) is 10.3. The Bertz CT molecular complexity index is 1050. The number of fused-ring (bicyclic) bond motifs is 2. The van der Waals surface area contributed by atoms with Crippen LogP contribution in [0.5, 0.6) is 0 Å². The molecule has 6 heteroatoms. The molecule has 2 aromatic carbocycles. The Hall–Kier alpha value is -1.70. The molecule has 0 spiro atoms. The highest BCUT2D eigenvalue weighted by Gasteiger charge is 2.32. The van der Waals surface area contributed by atoms with Crippen LogP contribution < -0.4 is 0 Å². The maximum Gasteiger partial charge on any atom is 0.357 e. The molecule has 0 saturated carbocycles. The summed E-state index contributed by atoms with van der Waals surface area (Å²) in [7, 11) is -5.12. The molecule has 160 valence electrons. The Balaban J connectivity index is 0.000000177. The van der Waals surface area contributed by atoms with E-state index in [-0.39, 0.29) is 0 Å². The van der Waals surface area contributed by atoms with Crippen molar-refractivity contribution in [3.05, 3.63) is 81.4 Å². The van der Waals surface area contributed by atoms with E-state index in [1.807, 2.05) is 69.7 Å². The molecule has 0 heterocycles. The quantitative estimate of drug-likeness (QED) is 0.448. The van der Waals surface area contributed by atoms with Crippen molar-refractivity contribution in [2.24, 2.45) is 0 Å². The summed E-state index contributed by atoms with van der Waals surface area (Å²) in [6.45, 7) is 8.12. The molecular weight excluding hydrogens is 414 g/mol. The molecule has 2 aliphatic carbocycles. The third-order valence-electron chi connectivity index (χ3n) is 5.14. The van der Waals surface area contributed by atoms with E-state index in [2.05, 4.69) is 18.2 Å². The van der Waals surface area contributed by atoms with Gasteiger partial charge in [0, 0.05) is 18.2 Å². The van der Waals surface area contributed by atoms with Crippen molar-refractivity contribution in [3.63, 3.8) is 0 Å². The maximum absolute atomic E-state index is 12.6. The molecule has 30 heavy (non-hydrogen) atoms. The first-order valence-corrected chi connectivity index (χ1v) is 14.4. The van der Waals surface area contributed by atoms with Gasteiger partial charge in [0.2, 0.25) is 0 Å². The van der Waals surface area contributed by atoms with E-state index in [9.17, 15) is 9.13 Å². The highest BCUT2D eigenvalue weighted by atomic mass is 31.2. The Kier molecular flexibility index (Phi) is 7.37. The van der Waals surface area contributed by atoms with Gasteiger partial charge < -0.3 is 13.6 Å². The summed E-state index contributed by atoms with van der Waals surface area (Å²) in [5.74, 6) is 0. The van der Waals surface area contributed by atoms with Crippen molar-refractivity contribution in [2.45, 2.75) is 26.7 Å². The van der Waals surface area contributed by atoms with Gasteiger partial charge in [-0.05, 0) is 66.9 Å². The molecule has 0 fully saturated rings. The first-order chi connectivity index (χ1) is 14.3. The van der Waals surface area contributed by atoms with E-state index < -0.39 is 14.7 Å². The average Bonchev–Trinajstić information content (AvgIpc) is 3.33. The van der Waals surface area contributed by atoms with E-state index in [1.165, 1.54) is 16.7 Å². The number of allylic oxidation sites excluding steroid dienone is 2. The molecule has 2 aromatic rings. The van der Waals surface area contributed by atoms with Crippen molar-refractivity contribution in [1.29, 1.82) is 0 Å². The highest BCUT2D eigenvalue weighted by molar-refractivity contribution is 7.66. The molecule has 4 nitrogen and oxygen atoms in total. The molecule has 0 aliphatic heterocycles. The van der Waals surface area contributed by atoms with Crippen LogP contribution >= 0.6 is 14.7 Å². The third-order valence-corrected chi connectivity index (χ3v) is 9.00. The third kappa shape index (κ3) is 5.31. The number of hydrogen-bond acceptors (Lipinski definition) is 4. The second kappa shape index (κ2) is 9.62. The number of benzene rings is 2. The lowest BCUT2D eigenvalue weighted by atomic mass is 10.1. The van der Waals surface area contributed by atoms with Crippen molar-refractivity contribution >= 4 is 26.9 Å². The first kappa shape index (κ1) is 23.0. The predicted molar refractivity (Wildman–Crippen MR) is 127 cm³/mol. The van der Waals surface area contributed by atoms with Gasteiger partial charge in [-0.3, -0.25) is 4.57 Å². The fourth-order valence-corrected chi connectivity index (χ4v) is 6.34. The molecule has 0 atom stereocenters. The van der Waals surface area contributed by atoms with Gasteiger partial charge in [-0.25, -0.2) is 0 Å². The van der Waals surface area contributed by atoms with Crippen LogP contribution in [0.2, 0.25) is 0 Å². The molecule has 0 aromatic heterocycles. The summed E-state index contributed by atoms with van der Waals surface area (Å²) >= 11 is 0. The molecule has 0 N–H and O–H groups in total. The van der Waals surface area contributed by atoms with Crippen LogP contribution in [-0.4, -0.2) is 26.5 Å². The minimum atomic E-state index is -3.09. The topological polar surface area (TPSA) is 52.6 Å². The van der Waals surface area contributed by atoms with Crippen LogP contribution in [-0.2, 0) is 31.0 Å². The summed E-state index contributed by atoms with van der Waals surface area (Å²) in [6.07, 6.45) is 5.55. The minimum absolute atomic E-state index is 0.394. The zero-order chi connectivity index (χ0) is 21.8. The van der Waals surface area contributed by atoms with Crippen molar-refractivity contribution in [2.75, 3.05) is 26.5 Å². The largest absolute Gasteiger partial charge is 0.357 e. The fraction of sp³-hybridized carbons (Fsp3) is 0.333. The van der Waals surface area contributed by atoms with Gasteiger partial charge in [0.1, 0.15) is 7.14 Å². The van der Waals surface area contributed by atoms with Gasteiger partial charge in [-0.1, -0.05) is 48.5 Å². The Morgan fingerprint density at radius 1 is 0.733 bits per heavy atom. The summed E-state index contributed by atoms with van der Waals surface area (Å²) < 4.78 is 35.1. The lowest BCUT2D eigenvalue weighted by molar-refractivity contribution is 0.226. The molecule has 0 unspecified atom stereocenters. The summed E-state index contributed by atoms with van der Waals surface area (Å²) in [5, 5.41) is 1.87. The normalized spacial score (nSPS) is 14.9. The smallest absolute Gasteiger partial charge is 0.320 e. The van der Waals surface area contributed by atoms with Crippen LogP contribution in [0.1, 0.15) is 36.1 Å². The standard InChI is InChI=1S/C13H17O3P.C11H13OP/c1-3-15-17(14,16-4-2)13-9-11-7-5-6-8-12(11)10-13;1-13(2,12)11-7-9-5-3-4-6-10(9)8-11/h5-9H,3-4,10H2,1-2H3;3-7H,8H2,1-2H3. The van der Waals surface area contributed by atoms with Crippen LogP contribution in [0.15, 0.2) is 59.2 Å². The van der Waals surface area contributed by atoms with Gasteiger partial charge in [0.05, 0.1) is 13.2 Å². The predicted octanol–water partition coefficient (Wildman–Crippen LogP) is 7.06. The number of hydrogen-bond donors (Lipinski definition) is 0. The summed E-state index contributed by atoms with van der Waals surface area (Å²) in [5.41, 5.74) is 4.84. The highest BCUT2D eigenvalue weighted by Crippen LogP contribution is 2.59. The van der Waals surface area contributed by atoms with E-state index in [0.717, 1.165) is 22.6 Å². The van der Waals surface area contributed by atoms with Gasteiger partial charge in [-0.15, -0.1) is 0 Å². The molecule has 0 saturated heterocycles. The van der Waals surface area contributed by atoms with Crippen molar-refractivity contribution in [3.8, 4) is 0 Å². The zero-order valence-electron chi connectivity index (χ0n) is 18.1. The van der Waals surface area contributed by atoms with Crippen molar-refractivity contribution < 1.29 is 18.2 Å². The van der Waals surface area contributed by atoms with Crippen LogP contribution in [0.4, 0.5) is 0 Å². The van der Waals surface area contributed by atoms with E-state index in [0.29, 0.717) is 19.6 Å².